The fourth-order valence-corrected chi connectivity index (χ4v) is 1.79. The van der Waals surface area contributed by atoms with Gasteiger partial charge < -0.3 is 4.74 Å². The second-order valence-corrected chi connectivity index (χ2v) is 3.83. The minimum atomic E-state index is -0.498. The van der Waals surface area contributed by atoms with Crippen molar-refractivity contribution in [2.75, 3.05) is 0 Å². The van der Waals surface area contributed by atoms with Crippen LogP contribution in [0.25, 0.3) is 0 Å². The molecule has 3 heteroatoms. The minimum Gasteiger partial charge on any atom is -0.486 e. The molecule has 2 rings (SSSR count). The lowest BCUT2D eigenvalue weighted by molar-refractivity contribution is 0.198. The van der Waals surface area contributed by atoms with Crippen molar-refractivity contribution >= 4 is 0 Å². The normalized spacial score (nSPS) is 17.3. The van der Waals surface area contributed by atoms with Gasteiger partial charge in [0.05, 0.1) is 6.10 Å². The highest BCUT2D eigenvalue weighted by Crippen LogP contribution is 2.25. The Kier molecular flexibility index (Phi) is 2.66. The van der Waals surface area contributed by atoms with E-state index in [2.05, 4.69) is 4.98 Å². The summed E-state index contributed by atoms with van der Waals surface area (Å²) < 4.78 is 18.7. The monoisotopic (exact) mass is 195 g/mol. The first-order chi connectivity index (χ1) is 6.75. The van der Waals surface area contributed by atoms with E-state index in [1.807, 2.05) is 6.92 Å². The van der Waals surface area contributed by atoms with Crippen LogP contribution in [0.5, 0.6) is 5.75 Å². The Hall–Kier alpha value is -1.12. The summed E-state index contributed by atoms with van der Waals surface area (Å²) in [6.07, 6.45) is 6.14. The summed E-state index contributed by atoms with van der Waals surface area (Å²) in [5.41, 5.74) is 0.930. The average molecular weight is 195 g/mol. The molecule has 0 spiro atoms. The molecule has 0 N–H and O–H groups in total. The van der Waals surface area contributed by atoms with Crippen LogP contribution >= 0.6 is 0 Å². The van der Waals surface area contributed by atoms with Crippen molar-refractivity contribution in [1.82, 2.24) is 4.98 Å². The summed E-state index contributed by atoms with van der Waals surface area (Å²) in [7, 11) is 0. The maximum absolute atomic E-state index is 13.2. The number of rotatable bonds is 2. The van der Waals surface area contributed by atoms with E-state index in [4.69, 9.17) is 4.74 Å². The van der Waals surface area contributed by atoms with Gasteiger partial charge in [0.1, 0.15) is 0 Å². The van der Waals surface area contributed by atoms with Gasteiger partial charge in [-0.1, -0.05) is 0 Å². The molecule has 1 fully saturated rings. The van der Waals surface area contributed by atoms with Crippen LogP contribution in [0.4, 0.5) is 4.39 Å². The first-order valence-electron chi connectivity index (χ1n) is 5.04. The fourth-order valence-electron chi connectivity index (χ4n) is 1.79. The SMILES string of the molecule is Cc1cnc(F)c(OC2CCCC2)c1. The minimum absolute atomic E-state index is 0.188. The average Bonchev–Trinajstić information content (AvgIpc) is 2.64. The van der Waals surface area contributed by atoms with E-state index in [0.717, 1.165) is 18.4 Å². The van der Waals surface area contributed by atoms with Crippen LogP contribution in [0.2, 0.25) is 0 Å². The smallest absolute Gasteiger partial charge is 0.255 e. The lowest BCUT2D eigenvalue weighted by Gasteiger charge is -2.13. The molecule has 1 aliphatic carbocycles. The van der Waals surface area contributed by atoms with E-state index in [1.165, 1.54) is 19.0 Å². The highest BCUT2D eigenvalue weighted by Gasteiger charge is 2.18. The van der Waals surface area contributed by atoms with Gasteiger partial charge in [0.25, 0.3) is 5.95 Å². The highest BCUT2D eigenvalue weighted by atomic mass is 19.1. The molecule has 76 valence electrons. The van der Waals surface area contributed by atoms with Crippen molar-refractivity contribution < 1.29 is 9.13 Å². The number of halogens is 1. The van der Waals surface area contributed by atoms with Gasteiger partial charge in [-0.2, -0.15) is 4.39 Å². The second kappa shape index (κ2) is 3.95. The van der Waals surface area contributed by atoms with Gasteiger partial charge in [0, 0.05) is 6.20 Å². The quantitative estimate of drug-likeness (QED) is 0.677. The van der Waals surface area contributed by atoms with E-state index in [1.54, 1.807) is 6.07 Å². The van der Waals surface area contributed by atoms with Gasteiger partial charge in [-0.25, -0.2) is 4.98 Å². The molecule has 0 unspecified atom stereocenters. The Labute approximate surface area is 83.1 Å². The van der Waals surface area contributed by atoms with Crippen LogP contribution in [0.1, 0.15) is 31.2 Å². The number of nitrogens with zero attached hydrogens (tertiary/aromatic N) is 1. The van der Waals surface area contributed by atoms with Crippen LogP contribution in [-0.2, 0) is 0 Å². The Morgan fingerprint density at radius 2 is 2.14 bits per heavy atom. The van der Waals surface area contributed by atoms with E-state index in [0.29, 0.717) is 5.75 Å². The third kappa shape index (κ3) is 2.03. The molecule has 1 aromatic heterocycles. The Bertz CT molecular complexity index is 321. The van der Waals surface area contributed by atoms with Gasteiger partial charge >= 0.3 is 0 Å². The molecule has 0 aromatic carbocycles. The lowest BCUT2D eigenvalue weighted by Crippen LogP contribution is -2.12. The van der Waals surface area contributed by atoms with Crippen LogP contribution in [-0.4, -0.2) is 11.1 Å². The van der Waals surface area contributed by atoms with E-state index in [9.17, 15) is 4.39 Å². The second-order valence-electron chi connectivity index (χ2n) is 3.83. The summed E-state index contributed by atoms with van der Waals surface area (Å²) in [5, 5.41) is 0. The summed E-state index contributed by atoms with van der Waals surface area (Å²) >= 11 is 0. The molecule has 0 bridgehead atoms. The zero-order chi connectivity index (χ0) is 9.97. The van der Waals surface area contributed by atoms with Crippen LogP contribution < -0.4 is 4.74 Å². The molecule has 0 amide bonds. The third-order valence-corrected chi connectivity index (χ3v) is 2.54. The highest BCUT2D eigenvalue weighted by molar-refractivity contribution is 5.24. The molecule has 0 atom stereocenters. The van der Waals surface area contributed by atoms with Crippen molar-refractivity contribution in [2.45, 2.75) is 38.7 Å². The molecule has 1 aromatic rings. The predicted octanol–water partition coefficient (Wildman–Crippen LogP) is 2.85. The largest absolute Gasteiger partial charge is 0.486 e. The summed E-state index contributed by atoms with van der Waals surface area (Å²) in [6.45, 7) is 1.88. The molecular formula is C11H14FNO. The van der Waals surface area contributed by atoms with Gasteiger partial charge in [0.15, 0.2) is 5.75 Å². The zero-order valence-electron chi connectivity index (χ0n) is 8.29. The van der Waals surface area contributed by atoms with Crippen molar-refractivity contribution in [2.24, 2.45) is 0 Å². The molecular weight excluding hydrogens is 181 g/mol. The van der Waals surface area contributed by atoms with E-state index in [-0.39, 0.29) is 6.10 Å². The van der Waals surface area contributed by atoms with Gasteiger partial charge in [0.2, 0.25) is 0 Å². The Balaban J connectivity index is 2.10. The Morgan fingerprint density at radius 3 is 2.86 bits per heavy atom. The van der Waals surface area contributed by atoms with Gasteiger partial charge in [-0.15, -0.1) is 0 Å². The molecule has 0 saturated heterocycles. The number of aryl methyl sites for hydroxylation is 1. The predicted molar refractivity (Wildman–Crippen MR) is 51.8 cm³/mol. The first-order valence-corrected chi connectivity index (χ1v) is 5.04. The summed E-state index contributed by atoms with van der Waals surface area (Å²) in [6, 6.07) is 1.71. The van der Waals surface area contributed by atoms with Crippen molar-refractivity contribution in [1.29, 1.82) is 0 Å². The number of pyridine rings is 1. The topological polar surface area (TPSA) is 22.1 Å². The van der Waals surface area contributed by atoms with Crippen molar-refractivity contribution in [3.05, 3.63) is 23.8 Å². The lowest BCUT2D eigenvalue weighted by atomic mass is 10.3. The van der Waals surface area contributed by atoms with E-state index >= 15 is 0 Å². The molecule has 14 heavy (non-hydrogen) atoms. The van der Waals surface area contributed by atoms with Crippen LogP contribution in [0.15, 0.2) is 12.3 Å². The maximum Gasteiger partial charge on any atom is 0.255 e. The standard InChI is InChI=1S/C11H14FNO/c1-8-6-10(11(12)13-7-8)14-9-4-2-3-5-9/h6-7,9H,2-5H2,1H3. The fraction of sp³-hybridized carbons (Fsp3) is 0.545. The molecule has 1 saturated carbocycles. The number of hydrogen-bond donors (Lipinski definition) is 0. The first kappa shape index (κ1) is 9.44. The molecule has 0 radical (unpaired) electrons. The summed E-state index contributed by atoms with van der Waals surface area (Å²) in [5.74, 6) is -0.195. The number of aromatic nitrogens is 1. The van der Waals surface area contributed by atoms with Crippen molar-refractivity contribution in [3.8, 4) is 5.75 Å². The van der Waals surface area contributed by atoms with Crippen LogP contribution in [0, 0.1) is 12.9 Å². The maximum atomic E-state index is 13.2. The Morgan fingerprint density at radius 1 is 1.43 bits per heavy atom. The molecule has 1 aliphatic rings. The molecule has 0 aliphatic heterocycles. The zero-order valence-corrected chi connectivity index (χ0v) is 8.29. The van der Waals surface area contributed by atoms with Gasteiger partial charge in [-0.05, 0) is 44.2 Å². The number of ether oxygens (including phenoxy) is 1. The third-order valence-electron chi connectivity index (χ3n) is 2.54. The van der Waals surface area contributed by atoms with Crippen molar-refractivity contribution in [3.63, 3.8) is 0 Å². The number of hydrogen-bond acceptors (Lipinski definition) is 2. The molecule has 2 nitrogen and oxygen atoms in total. The molecule has 1 heterocycles. The summed E-state index contributed by atoms with van der Waals surface area (Å²) in [4.78, 5) is 3.63. The van der Waals surface area contributed by atoms with Crippen LogP contribution in [0.3, 0.4) is 0 Å². The van der Waals surface area contributed by atoms with Gasteiger partial charge in [-0.3, -0.25) is 0 Å². The van der Waals surface area contributed by atoms with E-state index < -0.39 is 5.95 Å².